The predicted octanol–water partition coefficient (Wildman–Crippen LogP) is 2.28. The predicted molar refractivity (Wildman–Crippen MR) is 99.1 cm³/mol. The van der Waals surface area contributed by atoms with Crippen molar-refractivity contribution in [2.75, 3.05) is 20.2 Å². The van der Waals surface area contributed by atoms with Crippen molar-refractivity contribution in [3.63, 3.8) is 0 Å². The molecule has 1 aliphatic heterocycles. The molecule has 2 aromatic carbocycles. The number of para-hydroxylation sites is 4. The molecule has 0 saturated heterocycles. The van der Waals surface area contributed by atoms with Gasteiger partial charge in [-0.05, 0) is 24.3 Å². The third-order valence-electron chi connectivity index (χ3n) is 4.59. The van der Waals surface area contributed by atoms with E-state index in [-0.39, 0.29) is 25.0 Å². The van der Waals surface area contributed by atoms with E-state index in [1.807, 2.05) is 30.3 Å². The summed E-state index contributed by atoms with van der Waals surface area (Å²) in [5, 5.41) is 0. The Morgan fingerprint density at radius 1 is 1.15 bits per heavy atom. The Balaban J connectivity index is 1.36. The summed E-state index contributed by atoms with van der Waals surface area (Å²) in [6.07, 6.45) is -0.0317. The molecule has 2 heterocycles. The van der Waals surface area contributed by atoms with Gasteiger partial charge >= 0.3 is 5.76 Å². The topological polar surface area (TPSA) is 73.9 Å². The second-order valence-electron chi connectivity index (χ2n) is 6.51. The lowest BCUT2D eigenvalue weighted by Gasteiger charge is -2.29. The van der Waals surface area contributed by atoms with Crippen molar-refractivity contribution in [2.24, 2.45) is 0 Å². The molecule has 1 atom stereocenters. The highest BCUT2D eigenvalue weighted by molar-refractivity contribution is 5.76. The number of benzene rings is 2. The molecule has 27 heavy (non-hydrogen) atoms. The van der Waals surface area contributed by atoms with Gasteiger partial charge in [0, 0.05) is 20.0 Å². The number of amides is 1. The molecule has 1 aliphatic rings. The molecule has 0 radical (unpaired) electrons. The van der Waals surface area contributed by atoms with Gasteiger partial charge in [0.15, 0.2) is 23.2 Å². The van der Waals surface area contributed by atoms with Crippen LogP contribution in [0.1, 0.15) is 6.42 Å². The maximum absolute atomic E-state index is 12.5. The Hall–Kier alpha value is -3.22. The van der Waals surface area contributed by atoms with Gasteiger partial charge in [-0.2, -0.15) is 0 Å². The number of aromatic nitrogens is 1. The molecule has 7 heteroatoms. The van der Waals surface area contributed by atoms with Gasteiger partial charge in [-0.3, -0.25) is 9.36 Å². The zero-order valence-corrected chi connectivity index (χ0v) is 15.0. The standard InChI is InChI=1S/C20H20N2O5/c1-21(12-14-13-25-17-8-4-5-9-18(17)26-14)19(23)10-11-22-15-6-2-3-7-16(15)27-20(22)24/h2-9,14H,10-13H2,1H3/t14-/m1/s1. The van der Waals surface area contributed by atoms with Gasteiger partial charge in [0.1, 0.15) is 6.61 Å². The van der Waals surface area contributed by atoms with Crippen LogP contribution >= 0.6 is 0 Å². The van der Waals surface area contributed by atoms with E-state index in [4.69, 9.17) is 13.9 Å². The largest absolute Gasteiger partial charge is 0.486 e. The van der Waals surface area contributed by atoms with Crippen LogP contribution in [0.15, 0.2) is 57.7 Å². The van der Waals surface area contributed by atoms with Crippen LogP contribution in [0.5, 0.6) is 11.5 Å². The SMILES string of the molecule is CN(C[C@@H]1COc2ccccc2O1)C(=O)CCn1c(=O)oc2ccccc21. The lowest BCUT2D eigenvalue weighted by atomic mass is 10.2. The fourth-order valence-corrected chi connectivity index (χ4v) is 3.18. The average molecular weight is 368 g/mol. The fraction of sp³-hybridized carbons (Fsp3) is 0.300. The van der Waals surface area contributed by atoms with E-state index >= 15 is 0 Å². The minimum Gasteiger partial charge on any atom is -0.486 e. The van der Waals surface area contributed by atoms with Gasteiger partial charge in [-0.15, -0.1) is 0 Å². The molecule has 0 N–H and O–H groups in total. The molecule has 0 spiro atoms. The van der Waals surface area contributed by atoms with Crippen LogP contribution in [0.3, 0.4) is 0 Å². The Bertz CT molecular complexity index is 1020. The summed E-state index contributed by atoms with van der Waals surface area (Å²) in [5.74, 6) is 0.877. The lowest BCUT2D eigenvalue weighted by Crippen LogP contribution is -2.42. The van der Waals surface area contributed by atoms with Gasteiger partial charge in [0.2, 0.25) is 5.91 Å². The number of fused-ring (bicyclic) bond motifs is 2. The first-order valence-corrected chi connectivity index (χ1v) is 8.82. The molecule has 7 nitrogen and oxygen atoms in total. The number of aryl methyl sites for hydroxylation is 1. The Morgan fingerprint density at radius 2 is 1.89 bits per heavy atom. The van der Waals surface area contributed by atoms with Crippen LogP contribution in [-0.2, 0) is 11.3 Å². The van der Waals surface area contributed by atoms with Gasteiger partial charge in [-0.1, -0.05) is 24.3 Å². The molecule has 140 valence electrons. The highest BCUT2D eigenvalue weighted by atomic mass is 16.6. The van der Waals surface area contributed by atoms with Gasteiger partial charge in [0.25, 0.3) is 0 Å². The summed E-state index contributed by atoms with van der Waals surface area (Å²) in [6, 6.07) is 14.6. The molecule has 0 aliphatic carbocycles. The van der Waals surface area contributed by atoms with Gasteiger partial charge in [-0.25, -0.2) is 4.79 Å². The molecular formula is C20H20N2O5. The highest BCUT2D eigenvalue weighted by Gasteiger charge is 2.23. The first-order valence-electron chi connectivity index (χ1n) is 8.82. The van der Waals surface area contributed by atoms with Crippen molar-refractivity contribution in [3.8, 4) is 11.5 Å². The molecule has 1 aromatic heterocycles. The molecule has 0 saturated carbocycles. The fourth-order valence-electron chi connectivity index (χ4n) is 3.18. The van der Waals surface area contributed by atoms with Crippen molar-refractivity contribution in [1.82, 2.24) is 9.47 Å². The van der Waals surface area contributed by atoms with Crippen LogP contribution in [0, 0.1) is 0 Å². The summed E-state index contributed by atoms with van der Waals surface area (Å²) < 4.78 is 18.2. The third-order valence-corrected chi connectivity index (χ3v) is 4.59. The summed E-state index contributed by atoms with van der Waals surface area (Å²) in [6.45, 7) is 1.07. The number of ether oxygens (including phenoxy) is 2. The summed E-state index contributed by atoms with van der Waals surface area (Å²) >= 11 is 0. The maximum atomic E-state index is 12.5. The Morgan fingerprint density at radius 3 is 2.74 bits per heavy atom. The summed E-state index contributed by atoms with van der Waals surface area (Å²) in [7, 11) is 1.72. The number of rotatable bonds is 5. The molecule has 0 bridgehead atoms. The smallest absolute Gasteiger partial charge is 0.419 e. The Labute approximate surface area is 155 Å². The monoisotopic (exact) mass is 368 g/mol. The number of carbonyl (C=O) groups is 1. The molecule has 4 rings (SSSR count). The quantitative estimate of drug-likeness (QED) is 0.691. The first-order chi connectivity index (χ1) is 13.1. The van der Waals surface area contributed by atoms with E-state index in [2.05, 4.69) is 0 Å². The van der Waals surface area contributed by atoms with E-state index in [1.54, 1.807) is 30.1 Å². The second kappa shape index (κ2) is 7.19. The highest BCUT2D eigenvalue weighted by Crippen LogP contribution is 2.30. The van der Waals surface area contributed by atoms with Crippen LogP contribution < -0.4 is 15.2 Å². The van der Waals surface area contributed by atoms with Crippen LogP contribution in [-0.4, -0.2) is 41.7 Å². The second-order valence-corrected chi connectivity index (χ2v) is 6.51. The number of oxazole rings is 1. The van der Waals surface area contributed by atoms with Crippen LogP contribution in [0.2, 0.25) is 0 Å². The first kappa shape index (κ1) is 17.2. The summed E-state index contributed by atoms with van der Waals surface area (Å²) in [5.41, 5.74) is 1.22. The minimum atomic E-state index is -0.452. The third kappa shape index (κ3) is 3.53. The molecule has 3 aromatic rings. The van der Waals surface area contributed by atoms with Crippen molar-refractivity contribution >= 4 is 17.0 Å². The van der Waals surface area contributed by atoms with E-state index < -0.39 is 5.76 Å². The number of likely N-dealkylation sites (N-methyl/N-ethyl adjacent to an activating group) is 1. The zero-order chi connectivity index (χ0) is 18.8. The molecule has 0 unspecified atom stereocenters. The lowest BCUT2D eigenvalue weighted by molar-refractivity contribution is -0.131. The minimum absolute atomic E-state index is 0.0744. The van der Waals surface area contributed by atoms with E-state index in [0.717, 1.165) is 0 Å². The molecule has 0 fully saturated rings. The van der Waals surface area contributed by atoms with Crippen molar-refractivity contribution in [1.29, 1.82) is 0 Å². The summed E-state index contributed by atoms with van der Waals surface area (Å²) in [4.78, 5) is 26.1. The van der Waals surface area contributed by atoms with E-state index in [1.165, 1.54) is 4.57 Å². The number of hydrogen-bond donors (Lipinski definition) is 0. The number of carbonyl (C=O) groups excluding carboxylic acids is 1. The molecular weight excluding hydrogens is 348 g/mol. The van der Waals surface area contributed by atoms with Crippen LogP contribution in [0.4, 0.5) is 0 Å². The van der Waals surface area contributed by atoms with Crippen molar-refractivity contribution in [2.45, 2.75) is 19.1 Å². The Kier molecular flexibility index (Phi) is 4.58. The van der Waals surface area contributed by atoms with Crippen molar-refractivity contribution < 1.29 is 18.7 Å². The van der Waals surface area contributed by atoms with Crippen molar-refractivity contribution in [3.05, 3.63) is 59.1 Å². The number of hydrogen-bond acceptors (Lipinski definition) is 5. The van der Waals surface area contributed by atoms with Gasteiger partial charge < -0.3 is 18.8 Å². The zero-order valence-electron chi connectivity index (χ0n) is 15.0. The number of nitrogens with zero attached hydrogens (tertiary/aromatic N) is 2. The van der Waals surface area contributed by atoms with E-state index in [0.29, 0.717) is 35.8 Å². The normalized spacial score (nSPS) is 15.7. The van der Waals surface area contributed by atoms with Gasteiger partial charge in [0.05, 0.1) is 12.1 Å². The maximum Gasteiger partial charge on any atom is 0.419 e. The van der Waals surface area contributed by atoms with E-state index in [9.17, 15) is 9.59 Å². The van der Waals surface area contributed by atoms with Crippen LogP contribution in [0.25, 0.3) is 11.1 Å². The molecule has 1 amide bonds. The average Bonchev–Trinajstić information content (AvgIpc) is 3.01.